The van der Waals surface area contributed by atoms with E-state index >= 15 is 0 Å². The number of benzene rings is 2. The number of halogens is 1. The van der Waals surface area contributed by atoms with Crippen LogP contribution in [0.1, 0.15) is 44.6 Å². The minimum atomic E-state index is 0. The molecule has 0 aromatic heterocycles. The molecule has 1 aliphatic carbocycles. The Hall–Kier alpha value is -2.10. The van der Waals surface area contributed by atoms with Gasteiger partial charge in [0.2, 0.25) is 0 Å². The van der Waals surface area contributed by atoms with E-state index in [9.17, 15) is 4.79 Å². The number of ketones is 1. The molecule has 1 aliphatic heterocycles. The molecule has 0 atom stereocenters. The zero-order valence-electron chi connectivity index (χ0n) is 17.9. The maximum atomic E-state index is 13.2. The fraction of sp³-hybridized carbons (Fsp3) is 0.400. The standard InChI is InChI=1S/C25H30N2O.ClH/c1-17-13-18(2)24(19(3)14-17)16-21-6-5-20-15-22(7-8-23(20)25(21)28)27-11-9-26(4)10-12-27;/h7-8,13-16H,5-6,9-12H2,1-4H3;1H/b21-16+;. The number of allylic oxidation sites excluding steroid dienone is 1. The molecule has 0 spiro atoms. The quantitative estimate of drug-likeness (QED) is 0.651. The second-order valence-electron chi connectivity index (χ2n) is 8.44. The van der Waals surface area contributed by atoms with Crippen LogP contribution in [0, 0.1) is 20.8 Å². The summed E-state index contributed by atoms with van der Waals surface area (Å²) in [6.07, 6.45) is 3.90. The van der Waals surface area contributed by atoms with Crippen LogP contribution in [0.25, 0.3) is 6.08 Å². The molecule has 4 heteroatoms. The number of carbonyl (C=O) groups is 1. The van der Waals surface area contributed by atoms with Crippen LogP contribution in [-0.2, 0) is 6.42 Å². The molecule has 0 unspecified atom stereocenters. The Labute approximate surface area is 180 Å². The first-order chi connectivity index (χ1) is 13.4. The molecule has 3 nitrogen and oxygen atoms in total. The highest BCUT2D eigenvalue weighted by Crippen LogP contribution is 2.31. The van der Waals surface area contributed by atoms with Gasteiger partial charge in [-0.15, -0.1) is 12.4 Å². The fourth-order valence-corrected chi connectivity index (χ4v) is 4.56. The molecular formula is C25H31ClN2O. The molecule has 2 aliphatic rings. The highest BCUT2D eigenvalue weighted by molar-refractivity contribution is 6.13. The fourth-order valence-electron chi connectivity index (χ4n) is 4.56. The van der Waals surface area contributed by atoms with Crippen molar-refractivity contribution in [1.29, 1.82) is 0 Å². The van der Waals surface area contributed by atoms with Gasteiger partial charge in [-0.25, -0.2) is 0 Å². The van der Waals surface area contributed by atoms with Crippen molar-refractivity contribution < 1.29 is 4.79 Å². The number of anilines is 1. The van der Waals surface area contributed by atoms with Crippen molar-refractivity contribution in [2.75, 3.05) is 38.1 Å². The zero-order valence-corrected chi connectivity index (χ0v) is 18.7. The number of likely N-dealkylation sites (N-methyl/N-ethyl adjacent to an activating group) is 1. The van der Waals surface area contributed by atoms with E-state index < -0.39 is 0 Å². The first-order valence-electron chi connectivity index (χ1n) is 10.3. The predicted molar refractivity (Wildman–Crippen MR) is 125 cm³/mol. The summed E-state index contributed by atoms with van der Waals surface area (Å²) in [4.78, 5) is 18.0. The van der Waals surface area contributed by atoms with Crippen LogP contribution in [0.15, 0.2) is 35.9 Å². The van der Waals surface area contributed by atoms with Gasteiger partial charge in [0.1, 0.15) is 0 Å². The summed E-state index contributed by atoms with van der Waals surface area (Å²) < 4.78 is 0. The normalized spacial score (nSPS) is 18.6. The van der Waals surface area contributed by atoms with Crippen LogP contribution in [0.2, 0.25) is 0 Å². The van der Waals surface area contributed by atoms with Crippen molar-refractivity contribution in [3.63, 3.8) is 0 Å². The number of hydrogen-bond acceptors (Lipinski definition) is 3. The Kier molecular flexibility index (Phi) is 6.50. The molecule has 1 saturated heterocycles. The number of carbonyl (C=O) groups excluding carboxylic acids is 1. The summed E-state index contributed by atoms with van der Waals surface area (Å²) in [5.41, 5.74) is 9.25. The van der Waals surface area contributed by atoms with Crippen LogP contribution >= 0.6 is 12.4 Å². The summed E-state index contributed by atoms with van der Waals surface area (Å²) in [6, 6.07) is 10.8. The van der Waals surface area contributed by atoms with Crippen LogP contribution in [0.5, 0.6) is 0 Å². The maximum Gasteiger partial charge on any atom is 0.189 e. The van der Waals surface area contributed by atoms with E-state index in [0.29, 0.717) is 0 Å². The van der Waals surface area contributed by atoms with E-state index in [2.05, 4.69) is 68.0 Å². The van der Waals surface area contributed by atoms with E-state index in [1.165, 1.54) is 33.5 Å². The van der Waals surface area contributed by atoms with E-state index in [4.69, 9.17) is 0 Å². The summed E-state index contributed by atoms with van der Waals surface area (Å²) in [7, 11) is 2.17. The van der Waals surface area contributed by atoms with Gasteiger partial charge < -0.3 is 9.80 Å². The van der Waals surface area contributed by atoms with Gasteiger partial charge >= 0.3 is 0 Å². The number of piperazine rings is 1. The lowest BCUT2D eigenvalue weighted by molar-refractivity contribution is 0.102. The van der Waals surface area contributed by atoms with Crippen LogP contribution < -0.4 is 4.90 Å². The van der Waals surface area contributed by atoms with E-state index in [0.717, 1.165) is 50.2 Å². The topological polar surface area (TPSA) is 23.6 Å². The van der Waals surface area contributed by atoms with Crippen molar-refractivity contribution >= 4 is 30.0 Å². The molecule has 0 bridgehead atoms. The number of nitrogens with zero attached hydrogens (tertiary/aromatic N) is 2. The van der Waals surface area contributed by atoms with E-state index in [-0.39, 0.29) is 18.2 Å². The van der Waals surface area contributed by atoms with Crippen molar-refractivity contribution in [2.24, 2.45) is 0 Å². The van der Waals surface area contributed by atoms with Gasteiger partial charge in [-0.2, -0.15) is 0 Å². The minimum Gasteiger partial charge on any atom is -0.369 e. The Bertz CT molecular complexity index is 932. The monoisotopic (exact) mass is 410 g/mol. The predicted octanol–water partition coefficient (Wildman–Crippen LogP) is 5.00. The van der Waals surface area contributed by atoms with E-state index in [1.807, 2.05) is 6.07 Å². The lowest BCUT2D eigenvalue weighted by Gasteiger charge is -2.34. The lowest BCUT2D eigenvalue weighted by atomic mass is 9.84. The minimum absolute atomic E-state index is 0. The van der Waals surface area contributed by atoms with Crippen LogP contribution in [-0.4, -0.2) is 43.9 Å². The largest absolute Gasteiger partial charge is 0.369 e. The Morgan fingerprint density at radius 2 is 1.55 bits per heavy atom. The maximum absolute atomic E-state index is 13.2. The summed E-state index contributed by atoms with van der Waals surface area (Å²) in [6.45, 7) is 10.7. The van der Waals surface area contributed by atoms with Gasteiger partial charge in [0.25, 0.3) is 0 Å². The Morgan fingerprint density at radius 3 is 2.21 bits per heavy atom. The lowest BCUT2D eigenvalue weighted by Crippen LogP contribution is -2.44. The van der Waals surface area contributed by atoms with Crippen molar-refractivity contribution in [2.45, 2.75) is 33.6 Å². The highest BCUT2D eigenvalue weighted by Gasteiger charge is 2.24. The summed E-state index contributed by atoms with van der Waals surface area (Å²) >= 11 is 0. The summed E-state index contributed by atoms with van der Waals surface area (Å²) in [5.74, 6) is 0.200. The van der Waals surface area contributed by atoms with Gasteiger partial charge in [-0.05, 0) is 87.2 Å². The molecule has 4 rings (SSSR count). The molecule has 1 heterocycles. The number of aryl methyl sites for hydroxylation is 4. The van der Waals surface area contributed by atoms with Gasteiger partial charge in [0, 0.05) is 43.0 Å². The van der Waals surface area contributed by atoms with Crippen molar-refractivity contribution in [1.82, 2.24) is 4.90 Å². The number of fused-ring (bicyclic) bond motifs is 1. The third-order valence-electron chi connectivity index (χ3n) is 6.21. The van der Waals surface area contributed by atoms with Crippen LogP contribution in [0.4, 0.5) is 5.69 Å². The molecule has 2 aromatic rings. The molecule has 1 fully saturated rings. The van der Waals surface area contributed by atoms with Gasteiger partial charge in [-0.1, -0.05) is 17.7 Å². The zero-order chi connectivity index (χ0) is 19.8. The van der Waals surface area contributed by atoms with Crippen LogP contribution in [0.3, 0.4) is 0 Å². The van der Waals surface area contributed by atoms with Gasteiger partial charge in [-0.3, -0.25) is 4.79 Å². The van der Waals surface area contributed by atoms with Crippen molar-refractivity contribution in [3.8, 4) is 0 Å². The number of hydrogen-bond donors (Lipinski definition) is 0. The van der Waals surface area contributed by atoms with E-state index in [1.54, 1.807) is 0 Å². The summed E-state index contributed by atoms with van der Waals surface area (Å²) in [5, 5.41) is 0. The third kappa shape index (κ3) is 4.41. The Morgan fingerprint density at radius 1 is 0.897 bits per heavy atom. The van der Waals surface area contributed by atoms with Gasteiger partial charge in [0.05, 0.1) is 0 Å². The molecule has 2 aromatic carbocycles. The number of Topliss-reactive ketones (excluding diaryl/α,β-unsaturated/α-hetero) is 1. The SMILES string of the molecule is Cc1cc(C)c(/C=C2\CCc3cc(N4CCN(C)CC4)ccc3C2=O)c(C)c1.Cl. The average molecular weight is 411 g/mol. The first kappa shape index (κ1) is 21.6. The Balaban J connectivity index is 0.00000240. The second-order valence-corrected chi connectivity index (χ2v) is 8.44. The second kappa shape index (κ2) is 8.73. The third-order valence-corrected chi connectivity index (χ3v) is 6.21. The molecule has 154 valence electrons. The van der Waals surface area contributed by atoms with Crippen molar-refractivity contribution in [3.05, 3.63) is 69.3 Å². The number of rotatable bonds is 2. The van der Waals surface area contributed by atoms with Gasteiger partial charge in [0.15, 0.2) is 5.78 Å². The smallest absolute Gasteiger partial charge is 0.189 e. The molecule has 0 amide bonds. The molecule has 0 N–H and O–H groups in total. The molecule has 29 heavy (non-hydrogen) atoms. The molecule has 0 radical (unpaired) electrons. The highest BCUT2D eigenvalue weighted by atomic mass is 35.5. The first-order valence-corrected chi connectivity index (χ1v) is 10.3. The average Bonchev–Trinajstić information content (AvgIpc) is 2.66. The molecular weight excluding hydrogens is 380 g/mol. The molecule has 0 saturated carbocycles.